The van der Waals surface area contributed by atoms with Crippen molar-refractivity contribution < 1.29 is 4.79 Å². The molecule has 3 nitrogen and oxygen atoms in total. The lowest BCUT2D eigenvalue weighted by Gasteiger charge is -2.24. The molecule has 0 heterocycles. The van der Waals surface area contributed by atoms with Crippen LogP contribution in [0, 0.1) is 6.92 Å². The molecule has 0 saturated carbocycles. The van der Waals surface area contributed by atoms with Crippen LogP contribution in [0.2, 0.25) is 0 Å². The van der Waals surface area contributed by atoms with Crippen molar-refractivity contribution >= 4 is 11.6 Å². The van der Waals surface area contributed by atoms with E-state index in [4.69, 9.17) is 0 Å². The van der Waals surface area contributed by atoms with Crippen molar-refractivity contribution in [2.75, 3.05) is 18.9 Å². The maximum atomic E-state index is 12.2. The lowest BCUT2D eigenvalue weighted by molar-refractivity contribution is -0.117. The number of nitrogens with zero attached hydrogens (tertiary/aromatic N) is 1. The summed E-state index contributed by atoms with van der Waals surface area (Å²) < 4.78 is 0. The van der Waals surface area contributed by atoms with Gasteiger partial charge in [0.05, 0.1) is 6.54 Å². The molecule has 1 aliphatic rings. The van der Waals surface area contributed by atoms with Gasteiger partial charge in [0.2, 0.25) is 5.91 Å². The maximum absolute atomic E-state index is 12.2. The Morgan fingerprint density at radius 2 is 1.91 bits per heavy atom. The van der Waals surface area contributed by atoms with Crippen LogP contribution in [-0.2, 0) is 11.2 Å². The number of hydrogen-bond acceptors (Lipinski definition) is 2. The number of fused-ring (bicyclic) bond motifs is 1. The fraction of sp³-hybridized carbons (Fsp3) is 0.316. The number of carbonyl (C=O) groups is 1. The summed E-state index contributed by atoms with van der Waals surface area (Å²) in [5.74, 6) is 0.0377. The summed E-state index contributed by atoms with van der Waals surface area (Å²) in [6.07, 6.45) is 2.19. The van der Waals surface area contributed by atoms with Gasteiger partial charge in [-0.2, -0.15) is 0 Å². The Labute approximate surface area is 132 Å². The van der Waals surface area contributed by atoms with Crippen LogP contribution in [0.5, 0.6) is 0 Å². The van der Waals surface area contributed by atoms with Crippen LogP contribution in [0.3, 0.4) is 0 Å². The van der Waals surface area contributed by atoms with Gasteiger partial charge >= 0.3 is 0 Å². The monoisotopic (exact) mass is 294 g/mol. The van der Waals surface area contributed by atoms with Gasteiger partial charge in [0.15, 0.2) is 0 Å². The van der Waals surface area contributed by atoms with Crippen molar-refractivity contribution in [3.8, 4) is 0 Å². The predicted octanol–water partition coefficient (Wildman–Crippen LogP) is 3.55. The van der Waals surface area contributed by atoms with Crippen molar-refractivity contribution in [3.63, 3.8) is 0 Å². The van der Waals surface area contributed by atoms with E-state index in [-0.39, 0.29) is 5.91 Å². The second-order valence-corrected chi connectivity index (χ2v) is 6.08. The van der Waals surface area contributed by atoms with E-state index in [1.165, 1.54) is 16.7 Å². The number of likely N-dealkylation sites (N-methyl/N-ethyl adjacent to an activating group) is 1. The molecule has 1 N–H and O–H groups in total. The largest absolute Gasteiger partial charge is 0.325 e. The molecule has 22 heavy (non-hydrogen) atoms. The van der Waals surface area contributed by atoms with Crippen LogP contribution in [0.4, 0.5) is 5.69 Å². The van der Waals surface area contributed by atoms with E-state index in [0.717, 1.165) is 18.5 Å². The maximum Gasteiger partial charge on any atom is 0.238 e. The Hall–Kier alpha value is -2.13. The quantitative estimate of drug-likeness (QED) is 0.935. The molecule has 1 atom stereocenters. The van der Waals surface area contributed by atoms with E-state index in [9.17, 15) is 4.79 Å². The van der Waals surface area contributed by atoms with Crippen LogP contribution in [0.25, 0.3) is 0 Å². The normalized spacial score (nSPS) is 16.6. The highest BCUT2D eigenvalue weighted by Gasteiger charge is 2.26. The fourth-order valence-corrected chi connectivity index (χ4v) is 3.17. The van der Waals surface area contributed by atoms with E-state index in [1.54, 1.807) is 0 Å². The minimum absolute atomic E-state index is 0.0377. The first-order valence-electron chi connectivity index (χ1n) is 7.78. The molecule has 1 amide bonds. The molecule has 0 fully saturated rings. The highest BCUT2D eigenvalue weighted by molar-refractivity contribution is 5.92. The molecule has 0 radical (unpaired) electrons. The molecule has 2 aromatic carbocycles. The van der Waals surface area contributed by atoms with Crippen molar-refractivity contribution in [2.45, 2.75) is 25.8 Å². The molecule has 0 spiro atoms. The number of rotatable bonds is 4. The highest BCUT2D eigenvalue weighted by Crippen LogP contribution is 2.34. The van der Waals surface area contributed by atoms with E-state index < -0.39 is 0 Å². The highest BCUT2D eigenvalue weighted by atomic mass is 16.2. The molecular weight excluding hydrogens is 272 g/mol. The molecule has 0 saturated heterocycles. The zero-order valence-corrected chi connectivity index (χ0v) is 13.2. The number of amides is 1. The van der Waals surface area contributed by atoms with Gasteiger partial charge in [-0.05, 0) is 50.1 Å². The van der Waals surface area contributed by atoms with Gasteiger partial charge in [-0.1, -0.05) is 42.0 Å². The molecular formula is C19H22N2O. The molecule has 114 valence electrons. The lowest BCUT2D eigenvalue weighted by Crippen LogP contribution is -2.32. The Bertz CT molecular complexity index is 663. The Morgan fingerprint density at radius 3 is 2.68 bits per heavy atom. The first-order valence-corrected chi connectivity index (χ1v) is 7.78. The first-order chi connectivity index (χ1) is 10.6. The summed E-state index contributed by atoms with van der Waals surface area (Å²) >= 11 is 0. The third-order valence-electron chi connectivity index (χ3n) is 4.36. The summed E-state index contributed by atoms with van der Waals surface area (Å²) in [6, 6.07) is 16.8. The smallest absolute Gasteiger partial charge is 0.238 e. The summed E-state index contributed by atoms with van der Waals surface area (Å²) in [5.41, 5.74) is 4.83. The molecule has 0 aromatic heterocycles. The Morgan fingerprint density at radius 1 is 1.18 bits per heavy atom. The number of aryl methyl sites for hydroxylation is 2. The van der Waals surface area contributed by atoms with E-state index >= 15 is 0 Å². The van der Waals surface area contributed by atoms with Crippen LogP contribution < -0.4 is 5.32 Å². The van der Waals surface area contributed by atoms with Gasteiger partial charge in [-0.25, -0.2) is 0 Å². The summed E-state index contributed by atoms with van der Waals surface area (Å²) in [7, 11) is 2.03. The minimum atomic E-state index is 0.0377. The first kappa shape index (κ1) is 14.8. The average molecular weight is 294 g/mol. The second kappa shape index (κ2) is 6.32. The minimum Gasteiger partial charge on any atom is -0.325 e. The predicted molar refractivity (Wildman–Crippen MR) is 89.9 cm³/mol. The number of anilines is 1. The number of carbonyl (C=O) groups excluding carboxylic acids is 1. The molecule has 0 bridgehead atoms. The second-order valence-electron chi connectivity index (χ2n) is 6.08. The molecule has 3 heteroatoms. The SMILES string of the molecule is Cc1ccc(NC(=O)CN(C)[C@@H]2CCc3ccccc32)cc1. The van der Waals surface area contributed by atoms with Crippen LogP contribution in [0.15, 0.2) is 48.5 Å². The van der Waals surface area contributed by atoms with Gasteiger partial charge in [0.1, 0.15) is 0 Å². The number of benzene rings is 2. The van der Waals surface area contributed by atoms with Gasteiger partial charge in [-0.3, -0.25) is 9.69 Å². The standard InChI is InChI=1S/C19H22N2O/c1-14-7-10-16(11-8-14)20-19(22)13-21(2)18-12-9-15-5-3-4-6-17(15)18/h3-8,10-11,18H,9,12-13H2,1-2H3,(H,20,22)/t18-/m1/s1. The Balaban J connectivity index is 1.61. The van der Waals surface area contributed by atoms with Crippen LogP contribution in [0.1, 0.15) is 29.2 Å². The number of nitrogens with one attached hydrogen (secondary N) is 1. The summed E-state index contributed by atoms with van der Waals surface area (Å²) in [4.78, 5) is 14.4. The Kier molecular flexibility index (Phi) is 4.25. The molecule has 3 rings (SSSR count). The summed E-state index contributed by atoms with van der Waals surface area (Å²) in [5, 5.41) is 2.97. The third kappa shape index (κ3) is 3.20. The zero-order valence-electron chi connectivity index (χ0n) is 13.2. The van der Waals surface area contributed by atoms with Gasteiger partial charge in [-0.15, -0.1) is 0 Å². The summed E-state index contributed by atoms with van der Waals surface area (Å²) in [6.45, 7) is 2.45. The zero-order chi connectivity index (χ0) is 15.5. The fourth-order valence-electron chi connectivity index (χ4n) is 3.17. The number of hydrogen-bond donors (Lipinski definition) is 1. The van der Waals surface area contributed by atoms with E-state index in [0.29, 0.717) is 12.6 Å². The molecule has 1 aliphatic carbocycles. The van der Waals surface area contributed by atoms with Gasteiger partial charge in [0.25, 0.3) is 0 Å². The topological polar surface area (TPSA) is 32.3 Å². The van der Waals surface area contributed by atoms with Crippen molar-refractivity contribution in [2.24, 2.45) is 0 Å². The van der Waals surface area contributed by atoms with Gasteiger partial charge < -0.3 is 5.32 Å². The molecule has 0 unspecified atom stereocenters. The van der Waals surface area contributed by atoms with E-state index in [2.05, 4.69) is 34.5 Å². The lowest BCUT2D eigenvalue weighted by atomic mass is 10.1. The van der Waals surface area contributed by atoms with Crippen LogP contribution in [-0.4, -0.2) is 24.4 Å². The average Bonchev–Trinajstić information content (AvgIpc) is 2.93. The van der Waals surface area contributed by atoms with Crippen molar-refractivity contribution in [1.82, 2.24) is 4.90 Å². The van der Waals surface area contributed by atoms with Crippen LogP contribution >= 0.6 is 0 Å². The van der Waals surface area contributed by atoms with Gasteiger partial charge in [0, 0.05) is 11.7 Å². The third-order valence-corrected chi connectivity index (χ3v) is 4.36. The molecule has 0 aliphatic heterocycles. The van der Waals surface area contributed by atoms with E-state index in [1.807, 2.05) is 38.2 Å². The van der Waals surface area contributed by atoms with Crippen molar-refractivity contribution in [3.05, 3.63) is 65.2 Å². The molecule has 2 aromatic rings. The van der Waals surface area contributed by atoms with Crippen molar-refractivity contribution in [1.29, 1.82) is 0 Å².